The number of carbonyl (C=O) groups excluding carboxylic acids is 1. The molecule has 3 heterocycles. The van der Waals surface area contributed by atoms with Gasteiger partial charge in [-0.2, -0.15) is 0 Å². The lowest BCUT2D eigenvalue weighted by molar-refractivity contribution is 0.0695. The van der Waals surface area contributed by atoms with Gasteiger partial charge >= 0.3 is 0 Å². The minimum atomic E-state index is -0.0961. The van der Waals surface area contributed by atoms with Gasteiger partial charge in [0, 0.05) is 48.8 Å². The first-order valence-corrected chi connectivity index (χ1v) is 9.17. The first kappa shape index (κ1) is 17.5. The molecule has 1 unspecified atom stereocenters. The minimum Gasteiger partial charge on any atom is -0.483 e. The highest BCUT2D eigenvalue weighted by molar-refractivity contribution is 5.92. The van der Waals surface area contributed by atoms with Gasteiger partial charge in [-0.1, -0.05) is 19.1 Å². The van der Waals surface area contributed by atoms with Crippen molar-refractivity contribution in [1.29, 1.82) is 0 Å². The molecule has 0 spiro atoms. The van der Waals surface area contributed by atoms with E-state index in [4.69, 9.17) is 9.15 Å². The van der Waals surface area contributed by atoms with Crippen LogP contribution < -0.4 is 10.1 Å². The average molecular weight is 366 g/mol. The second-order valence-corrected chi connectivity index (χ2v) is 6.58. The van der Waals surface area contributed by atoms with E-state index in [0.29, 0.717) is 30.7 Å². The van der Waals surface area contributed by atoms with Gasteiger partial charge in [0.25, 0.3) is 5.91 Å². The van der Waals surface area contributed by atoms with E-state index in [0.717, 1.165) is 29.5 Å². The van der Waals surface area contributed by atoms with Crippen LogP contribution in [0, 0.1) is 0 Å². The molecule has 1 aromatic carbocycles. The molecular weight excluding hydrogens is 344 g/mol. The molecule has 0 radical (unpaired) electrons. The van der Waals surface area contributed by atoms with Crippen molar-refractivity contribution in [3.8, 4) is 5.75 Å². The summed E-state index contributed by atoms with van der Waals surface area (Å²) in [6.07, 6.45) is 5.93. The van der Waals surface area contributed by atoms with Gasteiger partial charge in [-0.25, -0.2) is 4.98 Å². The third-order valence-corrected chi connectivity index (χ3v) is 4.80. The number of benzene rings is 1. The molecule has 27 heavy (non-hydrogen) atoms. The third-order valence-electron chi connectivity index (χ3n) is 4.80. The summed E-state index contributed by atoms with van der Waals surface area (Å²) in [6.45, 7) is 4.44. The summed E-state index contributed by atoms with van der Waals surface area (Å²) in [4.78, 5) is 22.9. The summed E-state index contributed by atoms with van der Waals surface area (Å²) in [5, 5.41) is 5.38. The summed E-state index contributed by atoms with van der Waals surface area (Å²) in [7, 11) is 0. The number of aromatic nitrogens is 2. The van der Waals surface area contributed by atoms with Crippen LogP contribution in [0.3, 0.4) is 0 Å². The number of nitrogens with one attached hydrogen (secondary N) is 1. The highest BCUT2D eigenvalue weighted by Crippen LogP contribution is 2.25. The predicted molar refractivity (Wildman–Crippen MR) is 101 cm³/mol. The van der Waals surface area contributed by atoms with E-state index < -0.39 is 0 Å². The Hall–Kier alpha value is -2.93. The molecule has 1 aliphatic rings. The molecule has 1 atom stereocenters. The number of piperazine rings is 1. The van der Waals surface area contributed by atoms with E-state index in [2.05, 4.69) is 22.2 Å². The molecule has 0 aliphatic carbocycles. The van der Waals surface area contributed by atoms with E-state index in [1.54, 1.807) is 12.4 Å². The van der Waals surface area contributed by atoms with Gasteiger partial charge in [-0.15, -0.1) is 0 Å². The number of hydrogen-bond acceptors (Lipinski definition) is 6. The fourth-order valence-corrected chi connectivity index (χ4v) is 3.28. The van der Waals surface area contributed by atoms with Crippen LogP contribution in [0.5, 0.6) is 5.75 Å². The Morgan fingerprint density at radius 3 is 3.22 bits per heavy atom. The second kappa shape index (κ2) is 7.75. The standard InChI is InChI=1S/C20H22N4O3/c1-2-15-11-24(9-8-22-15)20(25)17-12-27-19(23-17)13-26-18-5-3-4-14-10-21-7-6-16(14)18/h3-7,10,12,15,22H,2,8-9,11,13H2,1H3. The average Bonchev–Trinajstić information content (AvgIpc) is 3.20. The Morgan fingerprint density at radius 2 is 2.33 bits per heavy atom. The molecule has 1 saturated heterocycles. The summed E-state index contributed by atoms with van der Waals surface area (Å²) in [5.41, 5.74) is 0.326. The highest BCUT2D eigenvalue weighted by atomic mass is 16.5. The van der Waals surface area contributed by atoms with E-state index in [9.17, 15) is 4.79 Å². The quantitative estimate of drug-likeness (QED) is 0.748. The van der Waals surface area contributed by atoms with E-state index >= 15 is 0 Å². The van der Waals surface area contributed by atoms with Crippen LogP contribution in [0.15, 0.2) is 47.3 Å². The number of fused-ring (bicyclic) bond motifs is 1. The molecule has 1 amide bonds. The monoisotopic (exact) mass is 366 g/mol. The van der Waals surface area contributed by atoms with Crippen molar-refractivity contribution < 1.29 is 13.9 Å². The Bertz CT molecular complexity index is 934. The molecule has 3 aromatic rings. The van der Waals surface area contributed by atoms with Crippen LogP contribution >= 0.6 is 0 Å². The minimum absolute atomic E-state index is 0.0961. The molecule has 0 bridgehead atoms. The lowest BCUT2D eigenvalue weighted by Crippen LogP contribution is -2.52. The SMILES string of the molecule is CCC1CN(C(=O)c2coc(COc3cccc4cnccc34)n2)CCN1. The molecule has 4 rings (SSSR count). The molecule has 140 valence electrons. The van der Waals surface area contributed by atoms with Crippen LogP contribution in [0.1, 0.15) is 29.7 Å². The van der Waals surface area contributed by atoms with Gasteiger partial charge in [-0.05, 0) is 18.6 Å². The molecule has 2 aromatic heterocycles. The number of ether oxygens (including phenoxy) is 1. The normalized spacial score (nSPS) is 17.2. The van der Waals surface area contributed by atoms with Crippen LogP contribution in [0.25, 0.3) is 10.8 Å². The van der Waals surface area contributed by atoms with E-state index in [1.165, 1.54) is 6.26 Å². The zero-order valence-corrected chi connectivity index (χ0v) is 15.2. The van der Waals surface area contributed by atoms with Crippen molar-refractivity contribution >= 4 is 16.7 Å². The van der Waals surface area contributed by atoms with Gasteiger partial charge < -0.3 is 19.4 Å². The maximum atomic E-state index is 12.7. The number of amides is 1. The van der Waals surface area contributed by atoms with E-state index in [1.807, 2.05) is 29.2 Å². The summed E-state index contributed by atoms with van der Waals surface area (Å²) in [6, 6.07) is 8.03. The second-order valence-electron chi connectivity index (χ2n) is 6.58. The number of hydrogen-bond donors (Lipinski definition) is 1. The Kier molecular flexibility index (Phi) is 5.02. The Morgan fingerprint density at radius 1 is 1.41 bits per heavy atom. The molecule has 7 nitrogen and oxygen atoms in total. The van der Waals surface area contributed by atoms with Gasteiger partial charge in [0.1, 0.15) is 12.0 Å². The lowest BCUT2D eigenvalue weighted by Gasteiger charge is -2.32. The first-order chi connectivity index (χ1) is 13.2. The van der Waals surface area contributed by atoms with E-state index in [-0.39, 0.29) is 12.5 Å². The van der Waals surface area contributed by atoms with Crippen LogP contribution in [-0.4, -0.2) is 46.5 Å². The zero-order chi connectivity index (χ0) is 18.6. The Balaban J connectivity index is 1.43. The molecule has 0 saturated carbocycles. The van der Waals surface area contributed by atoms with Crippen LogP contribution in [-0.2, 0) is 6.61 Å². The maximum Gasteiger partial charge on any atom is 0.275 e. The topological polar surface area (TPSA) is 80.5 Å². The summed E-state index contributed by atoms with van der Waals surface area (Å²) in [5.74, 6) is 1.02. The number of pyridine rings is 1. The molecule has 7 heteroatoms. The molecule has 1 N–H and O–H groups in total. The third kappa shape index (κ3) is 3.78. The summed E-state index contributed by atoms with van der Waals surface area (Å²) >= 11 is 0. The van der Waals surface area contributed by atoms with Crippen molar-refractivity contribution in [2.45, 2.75) is 26.0 Å². The van der Waals surface area contributed by atoms with Gasteiger partial charge in [-0.3, -0.25) is 9.78 Å². The number of rotatable bonds is 5. The largest absolute Gasteiger partial charge is 0.483 e. The fourth-order valence-electron chi connectivity index (χ4n) is 3.28. The molecule has 1 aliphatic heterocycles. The van der Waals surface area contributed by atoms with Gasteiger partial charge in [0.05, 0.1) is 0 Å². The fraction of sp³-hybridized carbons (Fsp3) is 0.350. The number of nitrogens with zero attached hydrogens (tertiary/aromatic N) is 3. The lowest BCUT2D eigenvalue weighted by atomic mass is 10.1. The molecule has 1 fully saturated rings. The van der Waals surface area contributed by atoms with Crippen LogP contribution in [0.4, 0.5) is 0 Å². The van der Waals surface area contributed by atoms with Crippen LogP contribution in [0.2, 0.25) is 0 Å². The van der Waals surface area contributed by atoms with Crippen molar-refractivity contribution in [2.75, 3.05) is 19.6 Å². The Labute approximate surface area is 157 Å². The highest BCUT2D eigenvalue weighted by Gasteiger charge is 2.25. The number of carbonyl (C=O) groups is 1. The van der Waals surface area contributed by atoms with Gasteiger partial charge in [0.15, 0.2) is 12.3 Å². The van der Waals surface area contributed by atoms with Crippen molar-refractivity contribution in [3.05, 3.63) is 54.5 Å². The predicted octanol–water partition coefficient (Wildman–Crippen LogP) is 2.63. The number of oxazole rings is 1. The first-order valence-electron chi connectivity index (χ1n) is 9.17. The van der Waals surface area contributed by atoms with Crippen molar-refractivity contribution in [2.24, 2.45) is 0 Å². The van der Waals surface area contributed by atoms with Crippen molar-refractivity contribution in [1.82, 2.24) is 20.2 Å². The van der Waals surface area contributed by atoms with Crippen molar-refractivity contribution in [3.63, 3.8) is 0 Å². The molecular formula is C20H22N4O3. The van der Waals surface area contributed by atoms with Gasteiger partial charge in [0.2, 0.25) is 5.89 Å². The summed E-state index contributed by atoms with van der Waals surface area (Å²) < 4.78 is 11.3. The smallest absolute Gasteiger partial charge is 0.275 e. The zero-order valence-electron chi connectivity index (χ0n) is 15.2. The maximum absolute atomic E-state index is 12.7.